The minimum Gasteiger partial charge on any atom is -0.315 e. The van der Waals surface area contributed by atoms with Crippen LogP contribution in [-0.2, 0) is 10.0 Å². The average Bonchev–Trinajstić information content (AvgIpc) is 2.69. The molecule has 1 atom stereocenters. The predicted molar refractivity (Wildman–Crippen MR) is 62.3 cm³/mol. The summed E-state index contributed by atoms with van der Waals surface area (Å²) in [6.07, 6.45) is 1.69. The molecule has 0 aromatic rings. The van der Waals surface area contributed by atoms with E-state index in [9.17, 15) is 8.42 Å². The van der Waals surface area contributed by atoms with Crippen LogP contribution < -0.4 is 10.0 Å². The number of nitrogens with one attached hydrogen (secondary N) is 2. The maximum atomic E-state index is 11.8. The average molecular weight is 234 g/mol. The van der Waals surface area contributed by atoms with Crippen LogP contribution in [0.4, 0.5) is 0 Å². The van der Waals surface area contributed by atoms with Gasteiger partial charge in [-0.25, -0.2) is 13.1 Å². The molecule has 0 radical (unpaired) electrons. The van der Waals surface area contributed by atoms with Gasteiger partial charge in [0.2, 0.25) is 10.0 Å². The SMILES string of the molecule is CCC(C)(C)CNS(=O)(=O)C1CCNC1. The number of sulfonamides is 1. The fraction of sp³-hybridized carbons (Fsp3) is 1.00. The third-order valence-electron chi connectivity index (χ3n) is 3.16. The first kappa shape index (κ1) is 12.9. The maximum absolute atomic E-state index is 11.8. The van der Waals surface area contributed by atoms with Crippen molar-refractivity contribution in [1.29, 1.82) is 0 Å². The molecule has 0 saturated carbocycles. The molecule has 0 aliphatic carbocycles. The second-order valence-electron chi connectivity index (χ2n) is 5.00. The zero-order chi connectivity index (χ0) is 11.5. The third-order valence-corrected chi connectivity index (χ3v) is 4.99. The van der Waals surface area contributed by atoms with Gasteiger partial charge in [0.05, 0.1) is 5.25 Å². The van der Waals surface area contributed by atoms with Gasteiger partial charge in [-0.05, 0) is 24.8 Å². The van der Waals surface area contributed by atoms with Gasteiger partial charge >= 0.3 is 0 Å². The Morgan fingerprint density at radius 2 is 2.13 bits per heavy atom. The largest absolute Gasteiger partial charge is 0.315 e. The highest BCUT2D eigenvalue weighted by atomic mass is 32.2. The van der Waals surface area contributed by atoms with E-state index in [1.54, 1.807) is 0 Å². The molecule has 1 rings (SSSR count). The van der Waals surface area contributed by atoms with Crippen molar-refractivity contribution < 1.29 is 8.42 Å². The van der Waals surface area contributed by atoms with E-state index in [2.05, 4.69) is 30.8 Å². The maximum Gasteiger partial charge on any atom is 0.215 e. The summed E-state index contributed by atoms with van der Waals surface area (Å²) in [6.45, 7) is 8.14. The molecule has 2 N–H and O–H groups in total. The summed E-state index contributed by atoms with van der Waals surface area (Å²) in [5.74, 6) is 0. The van der Waals surface area contributed by atoms with E-state index in [4.69, 9.17) is 0 Å². The molecule has 0 aromatic heterocycles. The topological polar surface area (TPSA) is 58.2 Å². The van der Waals surface area contributed by atoms with Gasteiger partial charge in [0.25, 0.3) is 0 Å². The van der Waals surface area contributed by atoms with Crippen molar-refractivity contribution in [2.75, 3.05) is 19.6 Å². The van der Waals surface area contributed by atoms with Crippen LogP contribution in [0, 0.1) is 5.41 Å². The summed E-state index contributed by atoms with van der Waals surface area (Å²) in [5, 5.41) is 2.83. The first-order valence-electron chi connectivity index (χ1n) is 5.56. The Bertz CT molecular complexity index is 293. The van der Waals surface area contributed by atoms with E-state index in [1.807, 2.05) is 0 Å². The number of rotatable bonds is 5. The van der Waals surface area contributed by atoms with Gasteiger partial charge in [0.1, 0.15) is 0 Å². The lowest BCUT2D eigenvalue weighted by Gasteiger charge is -2.23. The third kappa shape index (κ3) is 3.74. The van der Waals surface area contributed by atoms with Crippen molar-refractivity contribution >= 4 is 10.0 Å². The van der Waals surface area contributed by atoms with Crippen molar-refractivity contribution in [3.8, 4) is 0 Å². The van der Waals surface area contributed by atoms with Crippen LogP contribution in [0.25, 0.3) is 0 Å². The van der Waals surface area contributed by atoms with Gasteiger partial charge in [-0.1, -0.05) is 20.8 Å². The zero-order valence-corrected chi connectivity index (χ0v) is 10.7. The van der Waals surface area contributed by atoms with Gasteiger partial charge in [0.15, 0.2) is 0 Å². The minimum absolute atomic E-state index is 0.0408. The second kappa shape index (κ2) is 4.80. The quantitative estimate of drug-likeness (QED) is 0.736. The van der Waals surface area contributed by atoms with Gasteiger partial charge in [0, 0.05) is 13.1 Å². The Kier molecular flexibility index (Phi) is 4.14. The normalized spacial score (nSPS) is 23.3. The molecule has 0 bridgehead atoms. The van der Waals surface area contributed by atoms with Crippen molar-refractivity contribution in [2.24, 2.45) is 5.41 Å². The molecule has 1 heterocycles. The summed E-state index contributed by atoms with van der Waals surface area (Å²) in [7, 11) is -3.12. The first-order chi connectivity index (χ1) is 6.87. The van der Waals surface area contributed by atoms with Crippen LogP contribution in [-0.4, -0.2) is 33.3 Å². The zero-order valence-electron chi connectivity index (χ0n) is 9.84. The van der Waals surface area contributed by atoms with Crippen molar-refractivity contribution in [3.63, 3.8) is 0 Å². The van der Waals surface area contributed by atoms with Crippen LogP contribution in [0.15, 0.2) is 0 Å². The highest BCUT2D eigenvalue weighted by molar-refractivity contribution is 7.90. The lowest BCUT2D eigenvalue weighted by molar-refractivity contribution is 0.349. The van der Waals surface area contributed by atoms with Crippen LogP contribution in [0.2, 0.25) is 0 Å². The lowest BCUT2D eigenvalue weighted by Crippen LogP contribution is -2.40. The van der Waals surface area contributed by atoms with Crippen molar-refractivity contribution in [2.45, 2.75) is 38.9 Å². The molecule has 15 heavy (non-hydrogen) atoms. The van der Waals surface area contributed by atoms with Crippen LogP contribution in [0.3, 0.4) is 0 Å². The van der Waals surface area contributed by atoms with Gasteiger partial charge in [-0.3, -0.25) is 0 Å². The van der Waals surface area contributed by atoms with Crippen LogP contribution >= 0.6 is 0 Å². The highest BCUT2D eigenvalue weighted by Crippen LogP contribution is 2.19. The van der Waals surface area contributed by atoms with E-state index < -0.39 is 10.0 Å². The molecule has 0 spiro atoms. The minimum atomic E-state index is -3.12. The van der Waals surface area contributed by atoms with E-state index >= 15 is 0 Å². The molecule has 1 aliphatic rings. The van der Waals surface area contributed by atoms with Gasteiger partial charge in [-0.2, -0.15) is 0 Å². The predicted octanol–water partition coefficient (Wildman–Crippen LogP) is 0.704. The first-order valence-corrected chi connectivity index (χ1v) is 7.11. The number of hydrogen-bond acceptors (Lipinski definition) is 3. The lowest BCUT2D eigenvalue weighted by atomic mass is 9.91. The fourth-order valence-electron chi connectivity index (χ4n) is 1.43. The molecule has 90 valence electrons. The van der Waals surface area contributed by atoms with Crippen LogP contribution in [0.1, 0.15) is 33.6 Å². The Morgan fingerprint density at radius 3 is 2.60 bits per heavy atom. The summed E-state index contributed by atoms with van der Waals surface area (Å²) >= 11 is 0. The van der Waals surface area contributed by atoms with Gasteiger partial charge in [-0.15, -0.1) is 0 Å². The molecule has 0 amide bonds. The Hall–Kier alpha value is -0.130. The molecule has 4 nitrogen and oxygen atoms in total. The Balaban J connectivity index is 2.50. The summed E-state index contributed by atoms with van der Waals surface area (Å²) in [4.78, 5) is 0. The summed E-state index contributed by atoms with van der Waals surface area (Å²) in [5.41, 5.74) is 0.0408. The standard InChI is InChI=1S/C10H22N2O2S/c1-4-10(2,3)8-12-15(13,14)9-5-6-11-7-9/h9,11-12H,4-8H2,1-3H3. The molecular formula is C10H22N2O2S. The van der Waals surface area contributed by atoms with Crippen molar-refractivity contribution in [3.05, 3.63) is 0 Å². The molecule has 1 fully saturated rings. The highest BCUT2D eigenvalue weighted by Gasteiger charge is 2.29. The second-order valence-corrected chi connectivity index (χ2v) is 7.04. The smallest absolute Gasteiger partial charge is 0.215 e. The van der Waals surface area contributed by atoms with Crippen LogP contribution in [0.5, 0.6) is 0 Å². The monoisotopic (exact) mass is 234 g/mol. The summed E-state index contributed by atoms with van der Waals surface area (Å²) in [6, 6.07) is 0. The van der Waals surface area contributed by atoms with Gasteiger partial charge < -0.3 is 5.32 Å². The molecular weight excluding hydrogens is 212 g/mol. The van der Waals surface area contributed by atoms with E-state index in [-0.39, 0.29) is 10.7 Å². The van der Waals surface area contributed by atoms with E-state index in [0.717, 1.165) is 19.4 Å². The van der Waals surface area contributed by atoms with Crippen molar-refractivity contribution in [1.82, 2.24) is 10.0 Å². The molecule has 1 saturated heterocycles. The molecule has 1 unspecified atom stereocenters. The van der Waals surface area contributed by atoms with E-state index in [1.165, 1.54) is 0 Å². The molecule has 1 aliphatic heterocycles. The summed E-state index contributed by atoms with van der Waals surface area (Å²) < 4.78 is 26.4. The molecule has 5 heteroatoms. The van der Waals surface area contributed by atoms with E-state index in [0.29, 0.717) is 13.1 Å². The fourth-order valence-corrected chi connectivity index (χ4v) is 3.02. The Labute approximate surface area is 92.9 Å². The Morgan fingerprint density at radius 1 is 1.47 bits per heavy atom. The molecule has 0 aromatic carbocycles. The number of hydrogen-bond donors (Lipinski definition) is 2.